The molecular weight excluding hydrogens is 236 g/mol. The van der Waals surface area contributed by atoms with Gasteiger partial charge in [0.15, 0.2) is 0 Å². The number of aliphatic hydroxyl groups excluding tert-OH is 1. The van der Waals surface area contributed by atoms with Crippen molar-refractivity contribution in [2.75, 3.05) is 7.11 Å². The van der Waals surface area contributed by atoms with Crippen molar-refractivity contribution < 1.29 is 9.84 Å². The van der Waals surface area contributed by atoms with Crippen LogP contribution in [-0.2, 0) is 0 Å². The van der Waals surface area contributed by atoms with Gasteiger partial charge >= 0.3 is 0 Å². The first kappa shape index (κ1) is 15.8. The number of ether oxygens (including phenoxy) is 1. The lowest BCUT2D eigenvalue weighted by Gasteiger charge is -2.10. The Balaban J connectivity index is 2.69. The van der Waals surface area contributed by atoms with Gasteiger partial charge < -0.3 is 9.84 Å². The van der Waals surface area contributed by atoms with E-state index in [1.165, 1.54) is 5.56 Å². The number of methoxy groups -OCH3 is 1. The zero-order valence-corrected chi connectivity index (χ0v) is 12.5. The Bertz CT molecular complexity index is 406. The fourth-order valence-corrected chi connectivity index (χ4v) is 1.98. The molecule has 1 aromatic rings. The molecule has 2 heteroatoms. The van der Waals surface area contributed by atoms with Crippen LogP contribution in [0.3, 0.4) is 0 Å². The summed E-state index contributed by atoms with van der Waals surface area (Å²) in [6.45, 7) is 6.22. The smallest absolute Gasteiger partial charge is 0.126 e. The van der Waals surface area contributed by atoms with Gasteiger partial charge in [0.25, 0.3) is 0 Å². The minimum atomic E-state index is -0.202. The molecule has 0 aliphatic rings. The molecule has 0 radical (unpaired) electrons. The molecular formula is C17H26O2. The van der Waals surface area contributed by atoms with Gasteiger partial charge in [-0.2, -0.15) is 0 Å². The van der Waals surface area contributed by atoms with E-state index in [1.807, 2.05) is 13.0 Å². The van der Waals surface area contributed by atoms with Crippen molar-refractivity contribution in [1.82, 2.24) is 0 Å². The quantitative estimate of drug-likeness (QED) is 0.739. The summed E-state index contributed by atoms with van der Waals surface area (Å²) in [6, 6.07) is 6.34. The molecule has 1 aromatic carbocycles. The Morgan fingerprint density at radius 1 is 1.26 bits per heavy atom. The van der Waals surface area contributed by atoms with Gasteiger partial charge in [-0.3, -0.25) is 0 Å². The molecule has 1 rings (SSSR count). The van der Waals surface area contributed by atoms with E-state index in [2.05, 4.69) is 38.1 Å². The highest BCUT2D eigenvalue weighted by molar-refractivity contribution is 5.58. The third kappa shape index (κ3) is 5.48. The van der Waals surface area contributed by atoms with Crippen molar-refractivity contribution in [3.8, 4) is 5.75 Å². The molecule has 0 saturated carbocycles. The molecule has 1 N–H and O–H groups in total. The van der Waals surface area contributed by atoms with Gasteiger partial charge in [0.05, 0.1) is 13.2 Å². The molecule has 0 aliphatic carbocycles. The molecule has 0 unspecified atom stereocenters. The van der Waals surface area contributed by atoms with Crippen LogP contribution in [0.1, 0.15) is 57.1 Å². The summed E-state index contributed by atoms with van der Waals surface area (Å²) in [4.78, 5) is 0. The first-order chi connectivity index (χ1) is 9.04. The predicted octanol–water partition coefficient (Wildman–Crippen LogP) is 4.38. The molecule has 0 heterocycles. The monoisotopic (exact) mass is 262 g/mol. The summed E-state index contributed by atoms with van der Waals surface area (Å²) < 4.78 is 5.38. The third-order valence-electron chi connectivity index (χ3n) is 3.21. The Hall–Kier alpha value is -1.28. The maximum Gasteiger partial charge on any atom is 0.126 e. The van der Waals surface area contributed by atoms with Crippen LogP contribution in [0.15, 0.2) is 24.3 Å². The van der Waals surface area contributed by atoms with Crippen molar-refractivity contribution in [3.05, 3.63) is 35.4 Å². The van der Waals surface area contributed by atoms with E-state index < -0.39 is 0 Å². The van der Waals surface area contributed by atoms with Crippen LogP contribution in [0, 0.1) is 0 Å². The van der Waals surface area contributed by atoms with Crippen molar-refractivity contribution in [2.24, 2.45) is 0 Å². The molecule has 0 aliphatic heterocycles. The molecule has 19 heavy (non-hydrogen) atoms. The highest BCUT2D eigenvalue weighted by atomic mass is 16.5. The lowest BCUT2D eigenvalue weighted by molar-refractivity contribution is 0.182. The predicted molar refractivity (Wildman–Crippen MR) is 81.6 cm³/mol. The van der Waals surface area contributed by atoms with E-state index in [0.717, 1.165) is 30.6 Å². The number of unbranched alkanes of at least 4 members (excludes halogenated alkanes) is 1. The van der Waals surface area contributed by atoms with E-state index in [0.29, 0.717) is 5.92 Å². The minimum absolute atomic E-state index is 0.202. The molecule has 2 nitrogen and oxygen atoms in total. The molecule has 1 atom stereocenters. The molecule has 0 aromatic heterocycles. The number of hydrogen-bond donors (Lipinski definition) is 1. The summed E-state index contributed by atoms with van der Waals surface area (Å²) in [5, 5.41) is 9.20. The zero-order chi connectivity index (χ0) is 14.3. The second kappa shape index (κ2) is 8.00. The van der Waals surface area contributed by atoms with Gasteiger partial charge in [0.2, 0.25) is 0 Å². The maximum atomic E-state index is 9.20. The first-order valence-corrected chi connectivity index (χ1v) is 7.07. The molecule has 0 saturated heterocycles. The van der Waals surface area contributed by atoms with E-state index >= 15 is 0 Å². The largest absolute Gasteiger partial charge is 0.496 e. The topological polar surface area (TPSA) is 29.5 Å². The number of hydrogen-bond acceptors (Lipinski definition) is 2. The number of benzene rings is 1. The molecule has 0 amide bonds. The lowest BCUT2D eigenvalue weighted by atomic mass is 10.00. The van der Waals surface area contributed by atoms with E-state index in [-0.39, 0.29) is 6.10 Å². The van der Waals surface area contributed by atoms with Crippen molar-refractivity contribution in [1.29, 1.82) is 0 Å². The van der Waals surface area contributed by atoms with E-state index in [4.69, 9.17) is 4.74 Å². The maximum absolute atomic E-state index is 9.20. The lowest BCUT2D eigenvalue weighted by Crippen LogP contribution is -1.97. The summed E-state index contributed by atoms with van der Waals surface area (Å²) in [6.07, 6.45) is 6.93. The summed E-state index contributed by atoms with van der Waals surface area (Å²) in [5.41, 5.74) is 2.45. The second-order valence-corrected chi connectivity index (χ2v) is 5.34. The third-order valence-corrected chi connectivity index (χ3v) is 3.21. The fraction of sp³-hybridized carbons (Fsp3) is 0.529. The van der Waals surface area contributed by atoms with Gasteiger partial charge in [0, 0.05) is 5.56 Å². The fourth-order valence-electron chi connectivity index (χ4n) is 1.98. The molecule has 0 bridgehead atoms. The summed E-state index contributed by atoms with van der Waals surface area (Å²) in [7, 11) is 1.70. The molecule has 0 fully saturated rings. The highest BCUT2D eigenvalue weighted by Crippen LogP contribution is 2.25. The van der Waals surface area contributed by atoms with Crippen molar-refractivity contribution in [2.45, 2.75) is 52.1 Å². The van der Waals surface area contributed by atoms with E-state index in [9.17, 15) is 5.11 Å². The normalized spacial score (nSPS) is 13.2. The average Bonchev–Trinajstić information content (AvgIpc) is 2.37. The van der Waals surface area contributed by atoms with Crippen molar-refractivity contribution in [3.63, 3.8) is 0 Å². The van der Waals surface area contributed by atoms with Crippen LogP contribution < -0.4 is 4.74 Å². The van der Waals surface area contributed by atoms with Crippen molar-refractivity contribution >= 4 is 6.08 Å². The zero-order valence-electron chi connectivity index (χ0n) is 12.5. The summed E-state index contributed by atoms with van der Waals surface area (Å²) in [5.74, 6) is 1.43. The SMILES string of the molecule is COc1ccc(C(C)C)cc1/C=C/CCC[C@H](C)O. The molecule has 0 spiro atoms. The second-order valence-electron chi connectivity index (χ2n) is 5.34. The Kier molecular flexibility index (Phi) is 6.65. The average molecular weight is 262 g/mol. The highest BCUT2D eigenvalue weighted by Gasteiger charge is 2.04. The number of allylic oxidation sites excluding steroid dienone is 1. The van der Waals surface area contributed by atoms with Gasteiger partial charge in [-0.1, -0.05) is 32.1 Å². The van der Waals surface area contributed by atoms with Crippen LogP contribution in [0.5, 0.6) is 5.75 Å². The van der Waals surface area contributed by atoms with Gasteiger partial charge in [-0.25, -0.2) is 0 Å². The van der Waals surface area contributed by atoms with Crippen LogP contribution in [-0.4, -0.2) is 18.3 Å². The Morgan fingerprint density at radius 3 is 2.58 bits per heavy atom. The summed E-state index contributed by atoms with van der Waals surface area (Å²) >= 11 is 0. The van der Waals surface area contributed by atoms with Gasteiger partial charge in [0.1, 0.15) is 5.75 Å². The number of rotatable bonds is 7. The Morgan fingerprint density at radius 2 is 2.00 bits per heavy atom. The van der Waals surface area contributed by atoms with Gasteiger partial charge in [-0.15, -0.1) is 0 Å². The minimum Gasteiger partial charge on any atom is -0.496 e. The van der Waals surface area contributed by atoms with Crippen LogP contribution >= 0.6 is 0 Å². The van der Waals surface area contributed by atoms with Crippen LogP contribution in [0.25, 0.3) is 6.08 Å². The Labute approximate surface area is 117 Å². The number of aliphatic hydroxyl groups is 1. The van der Waals surface area contributed by atoms with E-state index in [1.54, 1.807) is 7.11 Å². The van der Waals surface area contributed by atoms with Crippen LogP contribution in [0.4, 0.5) is 0 Å². The molecule has 106 valence electrons. The van der Waals surface area contributed by atoms with Crippen LogP contribution in [0.2, 0.25) is 0 Å². The standard InChI is InChI=1S/C17H26O2/c1-13(2)15-10-11-17(19-4)16(12-15)9-7-5-6-8-14(3)18/h7,9-14,18H,5-6,8H2,1-4H3/b9-7+/t14-/m0/s1. The first-order valence-electron chi connectivity index (χ1n) is 7.07. The van der Waals surface area contributed by atoms with Gasteiger partial charge in [-0.05, 0) is 49.8 Å².